The van der Waals surface area contributed by atoms with Gasteiger partial charge in [-0.1, -0.05) is 6.07 Å². The summed E-state index contributed by atoms with van der Waals surface area (Å²) in [5.74, 6) is -0.555. The number of methoxy groups -OCH3 is 2. The van der Waals surface area contributed by atoms with E-state index in [0.717, 1.165) is 5.56 Å². The second-order valence-corrected chi connectivity index (χ2v) is 6.63. The van der Waals surface area contributed by atoms with Crippen LogP contribution in [0.2, 0.25) is 0 Å². The lowest BCUT2D eigenvalue weighted by Crippen LogP contribution is -2.63. The Balaban J connectivity index is 1.70. The highest BCUT2D eigenvalue weighted by Gasteiger charge is 2.61. The number of cyclic esters (lactones) is 1. The summed E-state index contributed by atoms with van der Waals surface area (Å²) in [5.41, 5.74) is 0.320. The first kappa shape index (κ1) is 16.4. The Morgan fingerprint density at radius 1 is 1.16 bits per heavy atom. The molecule has 7 nitrogen and oxygen atoms in total. The number of benzene rings is 1. The highest BCUT2D eigenvalue weighted by molar-refractivity contribution is 5.92. The van der Waals surface area contributed by atoms with Gasteiger partial charge < -0.3 is 18.9 Å². The molecule has 4 aliphatic rings. The summed E-state index contributed by atoms with van der Waals surface area (Å²) in [7, 11) is 3.12. The normalized spacial score (nSPS) is 36.3. The molecule has 4 aliphatic heterocycles. The van der Waals surface area contributed by atoms with Gasteiger partial charge in [-0.25, -0.2) is 9.68 Å². The predicted molar refractivity (Wildman–Crippen MR) is 84.9 cm³/mol. The van der Waals surface area contributed by atoms with Gasteiger partial charge in [-0.05, 0) is 37.6 Å². The molecule has 7 heteroatoms. The third-order valence-electron chi connectivity index (χ3n) is 5.07. The fourth-order valence-corrected chi connectivity index (χ4v) is 3.42. The molecule has 0 radical (unpaired) electrons. The number of hydrogen-bond acceptors (Lipinski definition) is 7. The maximum atomic E-state index is 12.6. The van der Waals surface area contributed by atoms with Crippen LogP contribution in [0.1, 0.15) is 31.9 Å². The molecule has 0 aliphatic carbocycles. The fourth-order valence-electron chi connectivity index (χ4n) is 3.42. The standard InChI is InChI=1S/C18H20O7/c1-10-17(2)8-12-16(19)22-15(9-18(12,23-10)25-24-17)11-5-6-13(20-3)14(7-11)21-4/h5-8,10,15H,9H2,1-4H3/t10?,15?,17-,18+/m1/s1. The summed E-state index contributed by atoms with van der Waals surface area (Å²) in [5, 5.41) is 0. The fraction of sp³-hybridized carbons (Fsp3) is 0.500. The third-order valence-corrected chi connectivity index (χ3v) is 5.07. The molecule has 0 saturated carbocycles. The van der Waals surface area contributed by atoms with Crippen LogP contribution < -0.4 is 9.47 Å². The van der Waals surface area contributed by atoms with Crippen molar-refractivity contribution in [2.24, 2.45) is 0 Å². The molecule has 4 atom stereocenters. The number of fused-ring (bicyclic) bond motifs is 2. The predicted octanol–water partition coefficient (Wildman–Crippen LogP) is 2.45. The number of carbonyl (C=O) groups excluding carboxylic acids is 1. The maximum absolute atomic E-state index is 12.6. The molecule has 4 heterocycles. The number of ether oxygens (including phenoxy) is 4. The zero-order valence-electron chi connectivity index (χ0n) is 14.5. The van der Waals surface area contributed by atoms with Gasteiger partial charge in [0, 0.05) is 0 Å². The maximum Gasteiger partial charge on any atom is 0.340 e. The SMILES string of the molecule is COc1ccc(C2C[C@]34OO[C@](C)(C=C3C(=O)O2)C(C)O4)cc1OC. The minimum absolute atomic E-state index is 0.248. The van der Waals surface area contributed by atoms with Crippen LogP contribution in [0.25, 0.3) is 0 Å². The van der Waals surface area contributed by atoms with E-state index < -0.39 is 23.5 Å². The van der Waals surface area contributed by atoms with Crippen molar-refractivity contribution in [2.45, 2.75) is 43.9 Å². The molecule has 0 amide bonds. The van der Waals surface area contributed by atoms with Crippen LogP contribution in [-0.2, 0) is 24.0 Å². The third kappa shape index (κ3) is 2.34. The summed E-state index contributed by atoms with van der Waals surface area (Å²) in [6.07, 6.45) is 1.24. The van der Waals surface area contributed by atoms with Crippen LogP contribution in [0, 0.1) is 0 Å². The Morgan fingerprint density at radius 2 is 1.92 bits per heavy atom. The largest absolute Gasteiger partial charge is 0.493 e. The lowest BCUT2D eigenvalue weighted by atomic mass is 9.83. The molecule has 2 fully saturated rings. The van der Waals surface area contributed by atoms with Crippen LogP contribution in [0.4, 0.5) is 0 Å². The van der Waals surface area contributed by atoms with Crippen molar-refractivity contribution in [1.82, 2.24) is 0 Å². The van der Waals surface area contributed by atoms with Crippen LogP contribution in [0.5, 0.6) is 11.5 Å². The van der Waals surface area contributed by atoms with Crippen molar-refractivity contribution < 1.29 is 33.5 Å². The second-order valence-electron chi connectivity index (χ2n) is 6.63. The lowest BCUT2D eigenvalue weighted by Gasteiger charge is -2.53. The number of esters is 1. The summed E-state index contributed by atoms with van der Waals surface area (Å²) >= 11 is 0. The first-order chi connectivity index (χ1) is 11.9. The summed E-state index contributed by atoms with van der Waals surface area (Å²) in [6.45, 7) is 3.70. The van der Waals surface area contributed by atoms with Crippen molar-refractivity contribution in [2.75, 3.05) is 14.2 Å². The highest BCUT2D eigenvalue weighted by Crippen LogP contribution is 2.51. The molecule has 5 rings (SSSR count). The Bertz CT molecular complexity index is 758. The average molecular weight is 348 g/mol. The van der Waals surface area contributed by atoms with E-state index in [1.165, 1.54) is 0 Å². The molecule has 1 aromatic rings. The van der Waals surface area contributed by atoms with Gasteiger partial charge in [0.25, 0.3) is 0 Å². The highest BCUT2D eigenvalue weighted by atomic mass is 17.3. The molecule has 0 N–H and O–H groups in total. The Labute approximate surface area is 145 Å². The van der Waals surface area contributed by atoms with E-state index in [1.54, 1.807) is 39.4 Å². The van der Waals surface area contributed by atoms with Gasteiger partial charge in [-0.15, -0.1) is 0 Å². The molecule has 1 spiro atoms. The molecule has 2 bridgehead atoms. The van der Waals surface area contributed by atoms with Gasteiger partial charge in [0.05, 0.1) is 32.3 Å². The second kappa shape index (κ2) is 5.45. The van der Waals surface area contributed by atoms with E-state index in [2.05, 4.69) is 0 Å². The van der Waals surface area contributed by atoms with Gasteiger partial charge in [0.2, 0.25) is 5.79 Å². The van der Waals surface area contributed by atoms with Crippen molar-refractivity contribution in [1.29, 1.82) is 0 Å². The van der Waals surface area contributed by atoms with Crippen molar-refractivity contribution >= 4 is 5.97 Å². The zero-order chi connectivity index (χ0) is 17.8. The van der Waals surface area contributed by atoms with E-state index in [4.69, 9.17) is 28.7 Å². The molecule has 0 aromatic heterocycles. The van der Waals surface area contributed by atoms with Gasteiger partial charge in [-0.2, -0.15) is 4.89 Å². The summed E-state index contributed by atoms with van der Waals surface area (Å²) in [6, 6.07) is 5.37. The zero-order valence-corrected chi connectivity index (χ0v) is 14.5. The quantitative estimate of drug-likeness (QED) is 0.614. The molecule has 25 heavy (non-hydrogen) atoms. The summed E-state index contributed by atoms with van der Waals surface area (Å²) in [4.78, 5) is 23.6. The van der Waals surface area contributed by atoms with Crippen molar-refractivity contribution in [3.63, 3.8) is 0 Å². The van der Waals surface area contributed by atoms with Crippen LogP contribution in [-0.4, -0.2) is 37.7 Å². The van der Waals surface area contributed by atoms with Crippen molar-refractivity contribution in [3.05, 3.63) is 35.4 Å². The average Bonchev–Trinajstić information content (AvgIpc) is 2.61. The molecule has 1 aromatic carbocycles. The Hall–Kier alpha value is -2.09. The molecular formula is C18H20O7. The molecule has 134 valence electrons. The molecule has 2 unspecified atom stereocenters. The van der Waals surface area contributed by atoms with Crippen LogP contribution in [0.15, 0.2) is 29.8 Å². The van der Waals surface area contributed by atoms with E-state index in [1.807, 2.05) is 13.0 Å². The topological polar surface area (TPSA) is 72.5 Å². The monoisotopic (exact) mass is 348 g/mol. The Kier molecular flexibility index (Phi) is 3.57. The number of hydrogen-bond donors (Lipinski definition) is 0. The van der Waals surface area contributed by atoms with Gasteiger partial charge in [0.15, 0.2) is 11.5 Å². The van der Waals surface area contributed by atoms with Crippen LogP contribution >= 0.6 is 0 Å². The molecule has 2 saturated heterocycles. The van der Waals surface area contributed by atoms with Gasteiger partial charge >= 0.3 is 5.97 Å². The van der Waals surface area contributed by atoms with Crippen LogP contribution in [0.3, 0.4) is 0 Å². The first-order valence-corrected chi connectivity index (χ1v) is 8.12. The van der Waals surface area contributed by atoms with E-state index >= 15 is 0 Å². The number of carbonyl (C=O) groups is 1. The first-order valence-electron chi connectivity index (χ1n) is 8.12. The Morgan fingerprint density at radius 3 is 2.60 bits per heavy atom. The smallest absolute Gasteiger partial charge is 0.340 e. The van der Waals surface area contributed by atoms with E-state index in [0.29, 0.717) is 23.5 Å². The van der Waals surface area contributed by atoms with Gasteiger partial charge in [0.1, 0.15) is 11.7 Å². The van der Waals surface area contributed by atoms with Crippen molar-refractivity contribution in [3.8, 4) is 11.5 Å². The minimum atomic E-state index is -1.25. The van der Waals surface area contributed by atoms with Gasteiger partial charge in [-0.3, -0.25) is 0 Å². The minimum Gasteiger partial charge on any atom is -0.493 e. The van der Waals surface area contributed by atoms with E-state index in [9.17, 15) is 4.79 Å². The lowest BCUT2D eigenvalue weighted by molar-refractivity contribution is -0.518. The summed E-state index contributed by atoms with van der Waals surface area (Å²) < 4.78 is 22.2. The number of rotatable bonds is 3. The van der Waals surface area contributed by atoms with E-state index in [-0.39, 0.29) is 6.10 Å². The molecular weight excluding hydrogens is 328 g/mol.